The van der Waals surface area contributed by atoms with Gasteiger partial charge in [-0.15, -0.1) is 4.40 Å². The van der Waals surface area contributed by atoms with E-state index >= 15 is 0 Å². The molecular weight excluding hydrogens is 386 g/mol. The highest BCUT2D eigenvalue weighted by Crippen LogP contribution is 2.34. The van der Waals surface area contributed by atoms with E-state index in [0.29, 0.717) is 35.4 Å². The number of hydrogen-bond acceptors (Lipinski definition) is 5. The number of rotatable bonds is 1. The smallest absolute Gasteiger partial charge is 0.285 e. The average molecular weight is 402 g/mol. The highest BCUT2D eigenvalue weighted by molar-refractivity contribution is 7.90. The zero-order chi connectivity index (χ0) is 18.6. The van der Waals surface area contributed by atoms with Crippen molar-refractivity contribution in [2.24, 2.45) is 4.40 Å². The fraction of sp³-hybridized carbons (Fsp3) is 0.263. The van der Waals surface area contributed by atoms with Crippen molar-refractivity contribution in [3.8, 4) is 0 Å². The van der Waals surface area contributed by atoms with Crippen LogP contribution in [0.3, 0.4) is 0 Å². The van der Waals surface area contributed by atoms with Crippen LogP contribution in [-0.4, -0.2) is 37.2 Å². The summed E-state index contributed by atoms with van der Waals surface area (Å²) < 4.78 is 34.5. The van der Waals surface area contributed by atoms with Gasteiger partial charge >= 0.3 is 0 Å². The molecule has 0 radical (unpaired) electrons. The van der Waals surface area contributed by atoms with Crippen molar-refractivity contribution >= 4 is 38.6 Å². The number of fused-ring (bicyclic) bond motifs is 2. The fourth-order valence-electron chi connectivity index (χ4n) is 3.75. The Balaban J connectivity index is 1.37. The minimum atomic E-state index is -3.59. The van der Waals surface area contributed by atoms with Crippen molar-refractivity contribution in [3.63, 3.8) is 0 Å². The van der Waals surface area contributed by atoms with Gasteiger partial charge in [0.05, 0.1) is 0 Å². The molecule has 138 valence electrons. The second-order valence-corrected chi connectivity index (χ2v) is 8.82. The van der Waals surface area contributed by atoms with Crippen LogP contribution in [0, 0.1) is 0 Å². The Morgan fingerprint density at radius 1 is 1.11 bits per heavy atom. The van der Waals surface area contributed by atoms with E-state index in [2.05, 4.69) is 9.38 Å². The van der Waals surface area contributed by atoms with Gasteiger partial charge in [0, 0.05) is 29.6 Å². The number of benzene rings is 2. The first-order chi connectivity index (χ1) is 13.0. The lowest BCUT2D eigenvalue weighted by atomic mass is 9.96. The number of nitrogens with zero attached hydrogens (tertiary/aromatic N) is 3. The number of hydrogen-bond donors (Lipinski definition) is 0. The second-order valence-electron chi connectivity index (χ2n) is 6.81. The molecule has 0 unspecified atom stereocenters. The van der Waals surface area contributed by atoms with Crippen molar-refractivity contribution in [3.05, 3.63) is 58.9 Å². The van der Waals surface area contributed by atoms with Crippen LogP contribution in [0.25, 0.3) is 11.1 Å². The Morgan fingerprint density at radius 3 is 2.70 bits per heavy atom. The summed E-state index contributed by atoms with van der Waals surface area (Å²) in [6.07, 6.45) is 1.64. The van der Waals surface area contributed by atoms with Gasteiger partial charge in [0.25, 0.3) is 10.0 Å². The normalized spacial score (nSPS) is 19.3. The lowest BCUT2D eigenvalue weighted by molar-refractivity contribution is 0.288. The van der Waals surface area contributed by atoms with Crippen LogP contribution < -0.4 is 0 Å². The van der Waals surface area contributed by atoms with Crippen LogP contribution in [0.4, 0.5) is 0 Å². The van der Waals surface area contributed by atoms with Crippen LogP contribution in [0.2, 0.25) is 5.02 Å². The summed E-state index contributed by atoms with van der Waals surface area (Å²) in [6, 6.07) is 12.4. The van der Waals surface area contributed by atoms with Gasteiger partial charge in [0.2, 0.25) is 0 Å². The predicted molar refractivity (Wildman–Crippen MR) is 103 cm³/mol. The Kier molecular flexibility index (Phi) is 3.77. The summed E-state index contributed by atoms with van der Waals surface area (Å²) in [5, 5.41) is 0.635. The number of halogens is 1. The summed E-state index contributed by atoms with van der Waals surface area (Å²) in [5.74, 6) is 1.46. The second kappa shape index (κ2) is 6.07. The molecule has 1 aromatic heterocycles. The molecule has 0 N–H and O–H groups in total. The maximum absolute atomic E-state index is 12.3. The minimum Gasteiger partial charge on any atom is -0.440 e. The SMILES string of the molecule is O=S1(=O)N=C(N2CCC(c3nc4cc(Cl)ccc4o3)CC2)c2ccccc21. The molecule has 8 heteroatoms. The first-order valence-electron chi connectivity index (χ1n) is 8.76. The van der Waals surface area contributed by atoms with Gasteiger partial charge in [-0.3, -0.25) is 0 Å². The van der Waals surface area contributed by atoms with Crippen LogP contribution in [0.5, 0.6) is 0 Å². The molecule has 0 amide bonds. The molecule has 1 saturated heterocycles. The zero-order valence-corrected chi connectivity index (χ0v) is 15.9. The first-order valence-corrected chi connectivity index (χ1v) is 10.6. The third kappa shape index (κ3) is 2.82. The van der Waals surface area contributed by atoms with E-state index in [1.165, 1.54) is 0 Å². The molecule has 3 heterocycles. The van der Waals surface area contributed by atoms with E-state index in [4.69, 9.17) is 16.0 Å². The Morgan fingerprint density at radius 2 is 1.89 bits per heavy atom. The standard InChI is InChI=1S/C19H16ClN3O3S/c20-13-5-6-16-15(11-13)21-19(26-16)12-7-9-23(10-8-12)18-14-3-1-2-4-17(14)27(24,25)22-18/h1-6,11-12H,7-10H2. The lowest BCUT2D eigenvalue weighted by Crippen LogP contribution is -2.37. The number of aromatic nitrogens is 1. The van der Waals surface area contributed by atoms with Crippen molar-refractivity contribution in [1.29, 1.82) is 0 Å². The topological polar surface area (TPSA) is 75.8 Å². The van der Waals surface area contributed by atoms with E-state index in [1.54, 1.807) is 24.3 Å². The highest BCUT2D eigenvalue weighted by Gasteiger charge is 2.34. The Bertz CT molecular complexity index is 1180. The Labute approximate surface area is 161 Å². The number of likely N-dealkylation sites (tertiary alicyclic amines) is 1. The third-order valence-corrected chi connectivity index (χ3v) is 6.68. The summed E-state index contributed by atoms with van der Waals surface area (Å²) in [5.41, 5.74) is 2.18. The molecule has 0 atom stereocenters. The number of sulfonamides is 1. The molecule has 6 nitrogen and oxygen atoms in total. The molecule has 1 fully saturated rings. The summed E-state index contributed by atoms with van der Waals surface area (Å²) in [7, 11) is -3.59. The summed E-state index contributed by atoms with van der Waals surface area (Å²) in [6.45, 7) is 1.40. The molecule has 0 spiro atoms. The van der Waals surface area contributed by atoms with Gasteiger partial charge in [-0.2, -0.15) is 8.42 Å². The largest absolute Gasteiger partial charge is 0.440 e. The summed E-state index contributed by atoms with van der Waals surface area (Å²) in [4.78, 5) is 6.91. The molecule has 0 bridgehead atoms. The molecular formula is C19H16ClN3O3S. The first kappa shape index (κ1) is 16.8. The molecule has 5 rings (SSSR count). The van der Waals surface area contributed by atoms with E-state index in [-0.39, 0.29) is 10.8 Å². The quantitative estimate of drug-likeness (QED) is 0.619. The Hall–Kier alpha value is -2.38. The van der Waals surface area contributed by atoms with Crippen molar-refractivity contribution in [1.82, 2.24) is 9.88 Å². The third-order valence-electron chi connectivity index (χ3n) is 5.12. The highest BCUT2D eigenvalue weighted by atomic mass is 35.5. The van der Waals surface area contributed by atoms with Gasteiger partial charge in [-0.05, 0) is 43.2 Å². The van der Waals surface area contributed by atoms with Gasteiger partial charge in [-0.1, -0.05) is 23.7 Å². The monoisotopic (exact) mass is 401 g/mol. The molecule has 0 aliphatic carbocycles. The van der Waals surface area contributed by atoms with Crippen molar-refractivity contribution in [2.45, 2.75) is 23.7 Å². The van der Waals surface area contributed by atoms with Crippen molar-refractivity contribution < 1.29 is 12.8 Å². The molecule has 3 aromatic rings. The average Bonchev–Trinajstić information content (AvgIpc) is 3.21. The molecule has 2 aromatic carbocycles. The number of amidine groups is 1. The van der Waals surface area contributed by atoms with E-state index in [1.807, 2.05) is 23.1 Å². The molecule has 0 saturated carbocycles. The lowest BCUT2D eigenvalue weighted by Gasteiger charge is -2.32. The van der Waals surface area contributed by atoms with E-state index in [9.17, 15) is 8.42 Å². The number of oxazole rings is 1. The van der Waals surface area contributed by atoms with Crippen LogP contribution in [0.1, 0.15) is 30.2 Å². The molecule has 27 heavy (non-hydrogen) atoms. The van der Waals surface area contributed by atoms with Gasteiger partial charge in [0.1, 0.15) is 10.4 Å². The fourth-order valence-corrected chi connectivity index (χ4v) is 5.14. The molecule has 2 aliphatic heterocycles. The minimum absolute atomic E-state index is 0.196. The summed E-state index contributed by atoms with van der Waals surface area (Å²) >= 11 is 6.02. The van der Waals surface area contributed by atoms with Gasteiger partial charge in [0.15, 0.2) is 17.3 Å². The number of piperidine rings is 1. The van der Waals surface area contributed by atoms with E-state index in [0.717, 1.165) is 23.9 Å². The maximum Gasteiger partial charge on any atom is 0.285 e. The van der Waals surface area contributed by atoms with Crippen LogP contribution >= 0.6 is 11.6 Å². The molecule has 2 aliphatic rings. The van der Waals surface area contributed by atoms with Gasteiger partial charge < -0.3 is 9.32 Å². The maximum atomic E-state index is 12.3. The van der Waals surface area contributed by atoms with Crippen molar-refractivity contribution in [2.75, 3.05) is 13.1 Å². The van der Waals surface area contributed by atoms with E-state index < -0.39 is 10.0 Å². The van der Waals surface area contributed by atoms with Crippen LogP contribution in [0.15, 0.2) is 56.2 Å². The van der Waals surface area contributed by atoms with Crippen LogP contribution in [-0.2, 0) is 10.0 Å². The zero-order valence-electron chi connectivity index (χ0n) is 14.3. The predicted octanol–water partition coefficient (Wildman–Crippen LogP) is 3.81. The van der Waals surface area contributed by atoms with Gasteiger partial charge in [-0.25, -0.2) is 4.98 Å².